The summed E-state index contributed by atoms with van der Waals surface area (Å²) < 4.78 is 9.52. The lowest BCUT2D eigenvalue weighted by Crippen LogP contribution is -2.00. The van der Waals surface area contributed by atoms with Crippen molar-refractivity contribution in [3.8, 4) is 5.75 Å². The predicted molar refractivity (Wildman–Crippen MR) is 71.9 cm³/mol. The van der Waals surface area contributed by atoms with E-state index in [0.29, 0.717) is 24.7 Å². The van der Waals surface area contributed by atoms with Gasteiger partial charge in [0.25, 0.3) is 0 Å². The highest BCUT2D eigenvalue weighted by Crippen LogP contribution is 2.35. The molecule has 0 saturated carbocycles. The van der Waals surface area contributed by atoms with Crippen LogP contribution in [-0.4, -0.2) is 16.0 Å². The molecule has 2 aromatic rings. The van der Waals surface area contributed by atoms with Crippen molar-refractivity contribution in [1.29, 1.82) is 0 Å². The van der Waals surface area contributed by atoms with Crippen molar-refractivity contribution < 1.29 is 4.74 Å². The van der Waals surface area contributed by atoms with Crippen LogP contribution >= 0.6 is 22.9 Å². The zero-order chi connectivity index (χ0) is 12.3. The number of nitrogens with one attached hydrogen (secondary N) is 1. The van der Waals surface area contributed by atoms with Gasteiger partial charge in [0.15, 0.2) is 16.6 Å². The van der Waals surface area contributed by atoms with Crippen molar-refractivity contribution in [3.63, 3.8) is 0 Å². The molecule has 0 amide bonds. The number of ether oxygens (including phenoxy) is 1. The van der Waals surface area contributed by atoms with Crippen LogP contribution in [0.4, 0.5) is 10.8 Å². The van der Waals surface area contributed by atoms with Crippen LogP contribution in [0.15, 0.2) is 6.20 Å². The van der Waals surface area contributed by atoms with E-state index in [1.165, 1.54) is 16.4 Å². The van der Waals surface area contributed by atoms with Crippen LogP contribution in [0.1, 0.15) is 16.8 Å². The summed E-state index contributed by atoms with van der Waals surface area (Å²) in [5.74, 6) is 1.10. The van der Waals surface area contributed by atoms with Crippen molar-refractivity contribution in [1.82, 2.24) is 9.36 Å². The summed E-state index contributed by atoms with van der Waals surface area (Å²) in [6, 6.07) is 0. The number of nitrogen functional groups attached to an aromatic ring is 1. The highest BCUT2D eigenvalue weighted by Gasteiger charge is 2.12. The van der Waals surface area contributed by atoms with Gasteiger partial charge in [0.2, 0.25) is 0 Å². The van der Waals surface area contributed by atoms with E-state index >= 15 is 0 Å². The molecule has 2 aromatic heterocycles. The van der Waals surface area contributed by atoms with Crippen molar-refractivity contribution >= 4 is 33.7 Å². The van der Waals surface area contributed by atoms with Gasteiger partial charge in [0, 0.05) is 11.1 Å². The van der Waals surface area contributed by atoms with Gasteiger partial charge in [-0.15, -0.1) is 11.3 Å². The molecule has 0 atom stereocenters. The number of hydrogen-bond donors (Lipinski definition) is 2. The number of anilines is 2. The molecule has 0 unspecified atom stereocenters. The number of nitrogens with zero attached hydrogens (tertiary/aromatic N) is 2. The molecule has 2 rings (SSSR count). The molecule has 0 aliphatic heterocycles. The van der Waals surface area contributed by atoms with Gasteiger partial charge >= 0.3 is 0 Å². The highest BCUT2D eigenvalue weighted by atomic mass is 32.1. The van der Waals surface area contributed by atoms with Gasteiger partial charge in [-0.05, 0) is 25.4 Å². The maximum atomic E-state index is 5.73. The lowest BCUT2D eigenvalue weighted by Gasteiger charge is -2.05. The average molecular weight is 270 g/mol. The Balaban J connectivity index is 2.03. The van der Waals surface area contributed by atoms with Crippen LogP contribution in [0.3, 0.4) is 0 Å². The van der Waals surface area contributed by atoms with Crippen molar-refractivity contribution in [2.75, 3.05) is 17.7 Å². The third-order valence-corrected chi connectivity index (χ3v) is 3.77. The number of aryl methyl sites for hydroxylation is 1. The minimum absolute atomic E-state index is 0.444. The standard InChI is InChI=1S/C10H14N4OS2/c1-3-15-8-9(11)14-17-10(8)13-5-7-4-12-6(2)16-7/h4,13H,3,5H2,1-2H3,(H2,11,14). The molecule has 2 heterocycles. The Morgan fingerprint density at radius 3 is 3.00 bits per heavy atom. The number of aromatic nitrogens is 2. The van der Waals surface area contributed by atoms with E-state index in [2.05, 4.69) is 14.7 Å². The lowest BCUT2D eigenvalue weighted by molar-refractivity contribution is 0.344. The molecule has 17 heavy (non-hydrogen) atoms. The maximum absolute atomic E-state index is 5.73. The van der Waals surface area contributed by atoms with Crippen molar-refractivity contribution in [3.05, 3.63) is 16.1 Å². The zero-order valence-electron chi connectivity index (χ0n) is 9.69. The zero-order valence-corrected chi connectivity index (χ0v) is 11.3. The van der Waals surface area contributed by atoms with E-state index in [-0.39, 0.29) is 0 Å². The van der Waals surface area contributed by atoms with E-state index in [9.17, 15) is 0 Å². The van der Waals surface area contributed by atoms with Crippen LogP contribution in [0.25, 0.3) is 0 Å². The Labute approximate surface area is 108 Å². The van der Waals surface area contributed by atoms with Crippen LogP contribution < -0.4 is 15.8 Å². The summed E-state index contributed by atoms with van der Waals surface area (Å²) >= 11 is 2.99. The van der Waals surface area contributed by atoms with E-state index in [4.69, 9.17) is 10.5 Å². The van der Waals surface area contributed by atoms with Gasteiger partial charge in [-0.2, -0.15) is 4.37 Å². The molecule has 0 aliphatic carbocycles. The lowest BCUT2D eigenvalue weighted by atomic mass is 10.5. The third kappa shape index (κ3) is 2.86. The molecule has 0 saturated heterocycles. The molecule has 0 bridgehead atoms. The number of rotatable bonds is 5. The van der Waals surface area contributed by atoms with Crippen molar-refractivity contribution in [2.45, 2.75) is 20.4 Å². The third-order valence-electron chi connectivity index (χ3n) is 2.06. The van der Waals surface area contributed by atoms with Gasteiger partial charge in [0.05, 0.1) is 18.2 Å². The Bertz CT molecular complexity index is 494. The summed E-state index contributed by atoms with van der Waals surface area (Å²) in [5, 5.41) is 5.21. The molecular weight excluding hydrogens is 256 g/mol. The monoisotopic (exact) mass is 270 g/mol. The van der Waals surface area contributed by atoms with Crippen molar-refractivity contribution in [2.24, 2.45) is 0 Å². The first-order chi connectivity index (χ1) is 8.20. The van der Waals surface area contributed by atoms with Crippen LogP contribution in [0.5, 0.6) is 5.75 Å². The smallest absolute Gasteiger partial charge is 0.197 e. The molecule has 5 nitrogen and oxygen atoms in total. The van der Waals surface area contributed by atoms with Gasteiger partial charge in [-0.3, -0.25) is 0 Å². The number of nitrogens with two attached hydrogens (primary N) is 1. The Hall–Kier alpha value is -1.34. The highest BCUT2D eigenvalue weighted by molar-refractivity contribution is 7.12. The van der Waals surface area contributed by atoms with Crippen LogP contribution in [0, 0.1) is 6.92 Å². The summed E-state index contributed by atoms with van der Waals surface area (Å²) in [6.45, 7) is 5.21. The largest absolute Gasteiger partial charge is 0.487 e. The Morgan fingerprint density at radius 1 is 1.53 bits per heavy atom. The van der Waals surface area contributed by atoms with Gasteiger partial charge < -0.3 is 15.8 Å². The quantitative estimate of drug-likeness (QED) is 0.873. The number of hydrogen-bond acceptors (Lipinski definition) is 7. The summed E-state index contributed by atoms with van der Waals surface area (Å²) in [7, 11) is 0. The Morgan fingerprint density at radius 2 is 2.35 bits per heavy atom. The van der Waals surface area contributed by atoms with E-state index in [0.717, 1.165) is 10.0 Å². The molecule has 0 spiro atoms. The fraction of sp³-hybridized carbons (Fsp3) is 0.400. The minimum Gasteiger partial charge on any atom is -0.487 e. The topological polar surface area (TPSA) is 73.1 Å². The second-order valence-electron chi connectivity index (χ2n) is 3.36. The SMILES string of the molecule is CCOc1c(N)nsc1NCc1cnc(C)s1. The van der Waals surface area contributed by atoms with E-state index < -0.39 is 0 Å². The minimum atomic E-state index is 0.444. The second-order valence-corrected chi connectivity index (χ2v) is 5.45. The fourth-order valence-electron chi connectivity index (χ4n) is 1.34. The second kappa shape index (κ2) is 5.33. The number of thiazole rings is 1. The van der Waals surface area contributed by atoms with Gasteiger partial charge in [-0.25, -0.2) is 4.98 Å². The molecule has 0 radical (unpaired) electrons. The molecule has 0 fully saturated rings. The molecule has 0 aliphatic rings. The average Bonchev–Trinajstić information content (AvgIpc) is 2.86. The first-order valence-electron chi connectivity index (χ1n) is 5.23. The first-order valence-corrected chi connectivity index (χ1v) is 6.82. The fourth-order valence-corrected chi connectivity index (χ4v) is 2.74. The summed E-state index contributed by atoms with van der Waals surface area (Å²) in [5.41, 5.74) is 5.73. The predicted octanol–water partition coefficient (Wildman–Crippen LogP) is 2.50. The molecule has 92 valence electrons. The van der Waals surface area contributed by atoms with Crippen LogP contribution in [0.2, 0.25) is 0 Å². The van der Waals surface area contributed by atoms with E-state index in [1.54, 1.807) is 11.3 Å². The molecule has 7 heteroatoms. The molecule has 0 aromatic carbocycles. The normalized spacial score (nSPS) is 10.5. The Kier molecular flexibility index (Phi) is 3.80. The molecule has 3 N–H and O–H groups in total. The summed E-state index contributed by atoms with van der Waals surface area (Å²) in [4.78, 5) is 5.38. The van der Waals surface area contributed by atoms with Crippen LogP contribution in [-0.2, 0) is 6.54 Å². The van der Waals surface area contributed by atoms with Gasteiger partial charge in [-0.1, -0.05) is 0 Å². The first kappa shape index (κ1) is 12.1. The maximum Gasteiger partial charge on any atom is 0.197 e. The summed E-state index contributed by atoms with van der Waals surface area (Å²) in [6.07, 6.45) is 1.87. The van der Waals surface area contributed by atoms with E-state index in [1.807, 2.05) is 20.0 Å². The molecular formula is C10H14N4OS2. The van der Waals surface area contributed by atoms with Gasteiger partial charge in [0.1, 0.15) is 0 Å².